The number of aliphatic hydroxyl groups excluding tert-OH is 4. The van der Waals surface area contributed by atoms with Crippen molar-refractivity contribution in [2.24, 2.45) is 0 Å². The first kappa shape index (κ1) is 23.5. The molecule has 6 atom stereocenters. The lowest BCUT2D eigenvalue weighted by molar-refractivity contribution is -0.297. The molecule has 1 heterocycles. The minimum atomic E-state index is -1.82. The number of aliphatic carboxylic acids is 1. The van der Waals surface area contributed by atoms with Crippen LogP contribution in [0.5, 0.6) is 5.75 Å². The Kier molecular flexibility index (Phi) is 7.57. The molecule has 0 saturated carbocycles. The minimum absolute atomic E-state index is 0.134. The van der Waals surface area contributed by atoms with E-state index in [0.717, 1.165) is 0 Å². The monoisotopic (exact) mass is 415 g/mol. The zero-order valence-electron chi connectivity index (χ0n) is 16.5. The second-order valence-corrected chi connectivity index (χ2v) is 8.08. The maximum Gasteiger partial charge on any atom is 0.335 e. The van der Waals surface area contributed by atoms with Crippen LogP contribution in [-0.4, -0.2) is 79.4 Å². The van der Waals surface area contributed by atoms with Crippen molar-refractivity contribution in [2.75, 3.05) is 6.54 Å². The summed E-state index contributed by atoms with van der Waals surface area (Å²) in [5.74, 6) is -1.65. The summed E-state index contributed by atoms with van der Waals surface area (Å²) >= 11 is 0. The van der Waals surface area contributed by atoms with Crippen LogP contribution in [0.3, 0.4) is 0 Å². The van der Waals surface area contributed by atoms with E-state index in [1.807, 2.05) is 20.8 Å². The number of carbonyl (C=O) groups is 1. The molecule has 0 bridgehead atoms. The van der Waals surface area contributed by atoms with Gasteiger partial charge in [-0.1, -0.05) is 6.07 Å². The van der Waals surface area contributed by atoms with Gasteiger partial charge in [-0.3, -0.25) is 0 Å². The van der Waals surface area contributed by atoms with E-state index < -0.39 is 42.8 Å². The molecule has 1 fully saturated rings. The molecule has 7 N–H and O–H groups in total. The fourth-order valence-electron chi connectivity index (χ4n) is 2.81. The zero-order chi connectivity index (χ0) is 21.9. The highest BCUT2D eigenvalue weighted by Crippen LogP contribution is 2.27. The van der Waals surface area contributed by atoms with Crippen molar-refractivity contribution in [1.82, 2.24) is 5.32 Å². The molecule has 0 aromatic heterocycles. The van der Waals surface area contributed by atoms with Crippen LogP contribution in [0.15, 0.2) is 18.2 Å². The number of nitrogens with one attached hydrogen (secondary N) is 1. The Morgan fingerprint density at radius 1 is 1.21 bits per heavy atom. The average Bonchev–Trinajstić information content (AvgIpc) is 2.64. The van der Waals surface area contributed by atoms with Crippen LogP contribution in [0, 0.1) is 0 Å². The van der Waals surface area contributed by atoms with Gasteiger partial charge in [-0.25, -0.2) is 4.79 Å². The largest absolute Gasteiger partial charge is 0.508 e. The Balaban J connectivity index is 2.07. The second kappa shape index (κ2) is 9.35. The molecule has 1 aliphatic rings. The predicted octanol–water partition coefficient (Wildman–Crippen LogP) is -0.777. The van der Waals surface area contributed by atoms with Crippen molar-refractivity contribution in [1.29, 1.82) is 0 Å². The van der Waals surface area contributed by atoms with Gasteiger partial charge in [-0.15, -0.1) is 0 Å². The van der Waals surface area contributed by atoms with Crippen LogP contribution in [0.2, 0.25) is 0 Å². The Labute approximate surface area is 168 Å². The van der Waals surface area contributed by atoms with E-state index in [0.29, 0.717) is 5.56 Å². The van der Waals surface area contributed by atoms with Gasteiger partial charge in [0.1, 0.15) is 24.1 Å². The van der Waals surface area contributed by atoms with Crippen molar-refractivity contribution in [2.45, 2.75) is 69.7 Å². The van der Waals surface area contributed by atoms with Crippen LogP contribution in [0.25, 0.3) is 0 Å². The highest BCUT2D eigenvalue weighted by molar-refractivity contribution is 5.73. The van der Waals surface area contributed by atoms with Crippen LogP contribution >= 0.6 is 0 Å². The smallest absolute Gasteiger partial charge is 0.335 e. The first-order valence-electron chi connectivity index (χ1n) is 9.19. The number of hydrogen-bond donors (Lipinski definition) is 7. The van der Waals surface area contributed by atoms with Crippen molar-refractivity contribution >= 4 is 5.97 Å². The quantitative estimate of drug-likeness (QED) is 0.300. The van der Waals surface area contributed by atoms with Gasteiger partial charge in [0, 0.05) is 17.6 Å². The normalized spacial score (nSPS) is 28.9. The molecule has 10 heteroatoms. The fraction of sp³-hybridized carbons (Fsp3) is 0.632. The maximum atomic E-state index is 11.1. The number of carboxylic acid groups (broad SMARTS) is 1. The third kappa shape index (κ3) is 6.09. The summed E-state index contributed by atoms with van der Waals surface area (Å²) in [5.41, 5.74) is 0.590. The number of phenolic OH excluding ortho intramolecular Hbond substituents is 1. The minimum Gasteiger partial charge on any atom is -0.508 e. The third-order valence-electron chi connectivity index (χ3n) is 4.53. The average molecular weight is 415 g/mol. The molecular weight excluding hydrogens is 386 g/mol. The summed E-state index contributed by atoms with van der Waals surface area (Å²) in [4.78, 5) is 11.1. The molecule has 164 valence electrons. The van der Waals surface area contributed by atoms with Crippen LogP contribution in [-0.2, 0) is 20.9 Å². The maximum absolute atomic E-state index is 11.1. The number of aliphatic hydroxyl groups is 4. The highest BCUT2D eigenvalue weighted by Gasteiger charge is 2.47. The van der Waals surface area contributed by atoms with Gasteiger partial charge in [-0.05, 0) is 38.5 Å². The Morgan fingerprint density at radius 3 is 2.45 bits per heavy atom. The molecule has 1 aromatic rings. The van der Waals surface area contributed by atoms with Gasteiger partial charge in [0.2, 0.25) is 0 Å². The van der Waals surface area contributed by atoms with Gasteiger partial charge in [0.25, 0.3) is 0 Å². The van der Waals surface area contributed by atoms with E-state index in [-0.39, 0.29) is 30.0 Å². The summed E-state index contributed by atoms with van der Waals surface area (Å²) in [7, 11) is 0. The molecule has 10 nitrogen and oxygen atoms in total. The Bertz CT molecular complexity index is 705. The molecule has 29 heavy (non-hydrogen) atoms. The highest BCUT2D eigenvalue weighted by atomic mass is 16.7. The number of phenols is 1. The lowest BCUT2D eigenvalue weighted by atomic mass is 9.99. The molecule has 0 amide bonds. The van der Waals surface area contributed by atoms with E-state index >= 15 is 0 Å². The fourth-order valence-corrected chi connectivity index (χ4v) is 2.81. The van der Waals surface area contributed by atoms with E-state index in [1.165, 1.54) is 12.1 Å². The zero-order valence-corrected chi connectivity index (χ0v) is 16.5. The first-order valence-corrected chi connectivity index (χ1v) is 9.19. The lowest BCUT2D eigenvalue weighted by Crippen LogP contribution is -2.60. The van der Waals surface area contributed by atoms with Crippen LogP contribution < -0.4 is 5.32 Å². The molecule has 0 spiro atoms. The molecule has 0 aliphatic carbocycles. The molecule has 1 aromatic carbocycles. The predicted molar refractivity (Wildman–Crippen MR) is 99.9 cm³/mol. The Hall–Kier alpha value is -1.79. The first-order chi connectivity index (χ1) is 13.4. The van der Waals surface area contributed by atoms with E-state index in [9.17, 15) is 30.3 Å². The van der Waals surface area contributed by atoms with Crippen molar-refractivity contribution in [3.05, 3.63) is 29.3 Å². The number of carboxylic acids is 1. The van der Waals surface area contributed by atoms with Crippen molar-refractivity contribution < 1.29 is 44.9 Å². The summed E-state index contributed by atoms with van der Waals surface area (Å²) in [6.45, 7) is 5.86. The number of benzene rings is 1. The van der Waals surface area contributed by atoms with E-state index in [2.05, 4.69) is 5.32 Å². The summed E-state index contributed by atoms with van der Waals surface area (Å²) in [6, 6.07) is 4.45. The lowest BCUT2D eigenvalue weighted by Gasteiger charge is -2.38. The van der Waals surface area contributed by atoms with E-state index in [1.54, 1.807) is 6.07 Å². The topological polar surface area (TPSA) is 169 Å². The molecule has 0 radical (unpaired) electrons. The molecular formula is C19H29NO9. The summed E-state index contributed by atoms with van der Waals surface area (Å²) in [6.07, 6.45) is -9.44. The number of hydrogen-bond acceptors (Lipinski definition) is 9. The molecule has 2 rings (SSSR count). The second-order valence-electron chi connectivity index (χ2n) is 8.08. The summed E-state index contributed by atoms with van der Waals surface area (Å²) < 4.78 is 10.4. The van der Waals surface area contributed by atoms with Crippen LogP contribution in [0.1, 0.15) is 38.0 Å². The molecule has 3 unspecified atom stereocenters. The Morgan fingerprint density at radius 2 is 1.86 bits per heavy atom. The SMILES string of the molecule is CC(C)(C)NCC(O)c1ccc(O)c(CO[C@@H]2OC(C(=O)O)[C@H](O)[C@H](O)C2O)c1. The van der Waals surface area contributed by atoms with Crippen molar-refractivity contribution in [3.8, 4) is 5.75 Å². The number of aromatic hydroxyl groups is 1. The van der Waals surface area contributed by atoms with Gasteiger partial charge >= 0.3 is 5.97 Å². The van der Waals surface area contributed by atoms with Crippen LogP contribution in [0.4, 0.5) is 0 Å². The third-order valence-corrected chi connectivity index (χ3v) is 4.53. The van der Waals surface area contributed by atoms with Gasteiger partial charge in [0.15, 0.2) is 12.4 Å². The summed E-state index contributed by atoms with van der Waals surface area (Å²) in [5, 5.41) is 62.1. The van der Waals surface area contributed by atoms with Gasteiger partial charge < -0.3 is 45.4 Å². The number of ether oxygens (including phenoxy) is 2. The number of β-amino-alcohol motifs (C(OH)–C–C–N with tert-alkyl or cyclic N) is 1. The molecule has 1 aliphatic heterocycles. The van der Waals surface area contributed by atoms with Gasteiger partial charge in [-0.2, -0.15) is 0 Å². The number of rotatable bonds is 7. The van der Waals surface area contributed by atoms with E-state index in [4.69, 9.17) is 14.6 Å². The molecule has 1 saturated heterocycles. The standard InChI is InChI=1S/C19H29NO9/c1-19(2,3)20-7-12(22)9-4-5-11(21)10(6-9)8-28-18-15(25)13(23)14(24)16(29-18)17(26)27/h4-6,12-16,18,20-25H,7-8H2,1-3H3,(H,26,27)/t12?,13-,14+,15?,16?,18+/m0/s1. The van der Waals surface area contributed by atoms with Gasteiger partial charge in [0.05, 0.1) is 12.7 Å². The van der Waals surface area contributed by atoms with Crippen molar-refractivity contribution in [3.63, 3.8) is 0 Å².